The number of aliphatic hydroxyl groups excluding tert-OH is 2. The van der Waals surface area contributed by atoms with Crippen LogP contribution >= 0.6 is 0 Å². The SMILES string of the molecule is CC[C@H]1[C@@H](O)[C@@H]2[C@H](CC[C@]3(C)[C@@H]([C@H](C)CCOc4ccnc(C(=O)O)c4)CC[C@@H]23)[C@@]2(C)CC[C@@H](O)C[C@@H]12. The van der Waals surface area contributed by atoms with Gasteiger partial charge in [-0.05, 0) is 110 Å². The number of hydrogen-bond donors (Lipinski definition) is 3. The molecule has 4 aliphatic carbocycles. The van der Waals surface area contributed by atoms with Crippen molar-refractivity contribution in [1.82, 2.24) is 4.98 Å². The van der Waals surface area contributed by atoms with Crippen LogP contribution < -0.4 is 4.74 Å². The number of fused-ring (bicyclic) bond motifs is 5. The number of ether oxygens (including phenoxy) is 1. The molecule has 4 aliphatic rings. The number of nitrogens with zero attached hydrogens (tertiary/aromatic N) is 1. The molecule has 0 aliphatic heterocycles. The Morgan fingerprint density at radius 3 is 2.57 bits per heavy atom. The van der Waals surface area contributed by atoms with Gasteiger partial charge in [-0.2, -0.15) is 0 Å². The van der Waals surface area contributed by atoms with Gasteiger partial charge in [0.15, 0.2) is 5.69 Å². The molecule has 37 heavy (non-hydrogen) atoms. The first-order valence-electron chi connectivity index (χ1n) is 14.8. The van der Waals surface area contributed by atoms with E-state index < -0.39 is 5.97 Å². The Kier molecular flexibility index (Phi) is 7.38. The summed E-state index contributed by atoms with van der Waals surface area (Å²) in [5, 5.41) is 31.6. The number of aromatic carboxylic acids is 1. The van der Waals surface area contributed by atoms with Crippen LogP contribution in [0.1, 0.15) is 96.0 Å². The molecule has 1 heterocycles. The third kappa shape index (κ3) is 4.50. The number of carbonyl (C=O) groups is 1. The molecule has 1 aromatic rings. The molecule has 6 heteroatoms. The van der Waals surface area contributed by atoms with Crippen molar-refractivity contribution in [2.45, 2.75) is 97.7 Å². The molecule has 0 amide bonds. The molecule has 5 rings (SSSR count). The lowest BCUT2D eigenvalue weighted by molar-refractivity contribution is -0.203. The van der Waals surface area contributed by atoms with Gasteiger partial charge < -0.3 is 20.1 Å². The highest BCUT2D eigenvalue weighted by atomic mass is 16.5. The molecule has 4 saturated carbocycles. The van der Waals surface area contributed by atoms with E-state index in [0.29, 0.717) is 53.8 Å². The molecule has 1 aromatic heterocycles. The average molecular weight is 514 g/mol. The van der Waals surface area contributed by atoms with Gasteiger partial charge in [-0.15, -0.1) is 0 Å². The third-order valence-corrected chi connectivity index (χ3v) is 11.9. The van der Waals surface area contributed by atoms with Crippen LogP contribution in [-0.2, 0) is 0 Å². The lowest BCUT2D eigenvalue weighted by Crippen LogP contribution is -2.62. The van der Waals surface area contributed by atoms with Crippen molar-refractivity contribution in [1.29, 1.82) is 0 Å². The number of aliphatic hydroxyl groups is 2. The molecule has 6 nitrogen and oxygen atoms in total. The zero-order chi connectivity index (χ0) is 26.5. The van der Waals surface area contributed by atoms with Crippen molar-refractivity contribution in [2.24, 2.45) is 52.3 Å². The van der Waals surface area contributed by atoms with Crippen molar-refractivity contribution in [2.75, 3.05) is 6.61 Å². The van der Waals surface area contributed by atoms with Crippen molar-refractivity contribution >= 4 is 5.97 Å². The maximum atomic E-state index is 11.9. The molecule has 206 valence electrons. The Hall–Kier alpha value is -1.66. The Morgan fingerprint density at radius 1 is 1.11 bits per heavy atom. The van der Waals surface area contributed by atoms with E-state index in [1.165, 1.54) is 37.9 Å². The minimum Gasteiger partial charge on any atom is -0.493 e. The summed E-state index contributed by atoms with van der Waals surface area (Å²) < 4.78 is 5.94. The minimum absolute atomic E-state index is 0.00767. The van der Waals surface area contributed by atoms with Crippen LogP contribution in [0.4, 0.5) is 0 Å². The van der Waals surface area contributed by atoms with Gasteiger partial charge in [-0.25, -0.2) is 9.78 Å². The maximum Gasteiger partial charge on any atom is 0.354 e. The topological polar surface area (TPSA) is 99.9 Å². The summed E-state index contributed by atoms with van der Waals surface area (Å²) in [4.78, 5) is 15.1. The number of hydrogen-bond acceptors (Lipinski definition) is 5. The van der Waals surface area contributed by atoms with Crippen LogP contribution in [-0.4, -0.2) is 45.1 Å². The van der Waals surface area contributed by atoms with Gasteiger partial charge in [-0.1, -0.05) is 34.1 Å². The summed E-state index contributed by atoms with van der Waals surface area (Å²) >= 11 is 0. The minimum atomic E-state index is -1.04. The van der Waals surface area contributed by atoms with E-state index in [1.54, 1.807) is 6.07 Å². The number of aromatic nitrogens is 1. The summed E-state index contributed by atoms with van der Waals surface area (Å²) in [6.45, 7) is 10.2. The first kappa shape index (κ1) is 26.9. The summed E-state index contributed by atoms with van der Waals surface area (Å²) in [6.07, 6.45) is 10.7. The smallest absolute Gasteiger partial charge is 0.354 e. The van der Waals surface area contributed by atoms with E-state index in [4.69, 9.17) is 4.74 Å². The first-order valence-corrected chi connectivity index (χ1v) is 14.8. The molecular weight excluding hydrogens is 466 g/mol. The fourth-order valence-corrected chi connectivity index (χ4v) is 10.1. The molecule has 0 spiro atoms. The molecule has 0 radical (unpaired) electrons. The predicted molar refractivity (Wildman–Crippen MR) is 142 cm³/mol. The van der Waals surface area contributed by atoms with Gasteiger partial charge in [0.05, 0.1) is 18.8 Å². The highest BCUT2D eigenvalue weighted by Gasteiger charge is 2.64. The number of pyridine rings is 1. The van der Waals surface area contributed by atoms with Gasteiger partial charge >= 0.3 is 5.97 Å². The maximum absolute atomic E-state index is 11.9. The van der Waals surface area contributed by atoms with Crippen LogP contribution in [0.25, 0.3) is 0 Å². The summed E-state index contributed by atoms with van der Waals surface area (Å²) in [5.74, 6) is 2.86. The fourth-order valence-electron chi connectivity index (χ4n) is 10.1. The highest BCUT2D eigenvalue weighted by molar-refractivity contribution is 5.85. The van der Waals surface area contributed by atoms with E-state index in [-0.39, 0.29) is 28.7 Å². The molecule has 0 unspecified atom stereocenters. The number of carboxylic acids is 1. The van der Waals surface area contributed by atoms with Gasteiger partial charge in [0.25, 0.3) is 0 Å². The molecule has 11 atom stereocenters. The monoisotopic (exact) mass is 513 g/mol. The van der Waals surface area contributed by atoms with E-state index in [9.17, 15) is 20.1 Å². The third-order valence-electron chi connectivity index (χ3n) is 11.9. The Bertz CT molecular complexity index is 984. The molecule has 4 fully saturated rings. The molecule has 3 N–H and O–H groups in total. The van der Waals surface area contributed by atoms with Crippen molar-refractivity contribution in [3.8, 4) is 5.75 Å². The van der Waals surface area contributed by atoms with Crippen LogP contribution in [0.5, 0.6) is 5.75 Å². The highest BCUT2D eigenvalue weighted by Crippen LogP contribution is 2.69. The van der Waals surface area contributed by atoms with Crippen molar-refractivity contribution < 1.29 is 24.9 Å². The Balaban J connectivity index is 1.29. The predicted octanol–water partition coefficient (Wildman–Crippen LogP) is 5.81. The van der Waals surface area contributed by atoms with Crippen LogP contribution in [0, 0.1) is 52.3 Å². The summed E-state index contributed by atoms with van der Waals surface area (Å²) in [5.41, 5.74) is 0.486. The zero-order valence-corrected chi connectivity index (χ0v) is 23.1. The Labute approximate surface area is 222 Å². The van der Waals surface area contributed by atoms with Crippen LogP contribution in [0.15, 0.2) is 18.3 Å². The van der Waals surface area contributed by atoms with Gasteiger partial charge in [-0.3, -0.25) is 0 Å². The van der Waals surface area contributed by atoms with E-state index in [2.05, 4.69) is 32.7 Å². The molecule has 0 aromatic carbocycles. The molecular formula is C31H47NO5. The van der Waals surface area contributed by atoms with Crippen LogP contribution in [0.2, 0.25) is 0 Å². The fraction of sp³-hybridized carbons (Fsp3) is 0.806. The van der Waals surface area contributed by atoms with Gasteiger partial charge in [0.2, 0.25) is 0 Å². The van der Waals surface area contributed by atoms with Crippen molar-refractivity contribution in [3.63, 3.8) is 0 Å². The summed E-state index contributed by atoms with van der Waals surface area (Å²) in [6, 6.07) is 3.21. The largest absolute Gasteiger partial charge is 0.493 e. The first-order chi connectivity index (χ1) is 17.6. The normalized spacial score (nSPS) is 43.8. The van der Waals surface area contributed by atoms with E-state index in [0.717, 1.165) is 32.1 Å². The van der Waals surface area contributed by atoms with Crippen molar-refractivity contribution in [3.05, 3.63) is 24.0 Å². The lowest BCUT2D eigenvalue weighted by Gasteiger charge is -2.64. The van der Waals surface area contributed by atoms with Gasteiger partial charge in [0, 0.05) is 12.3 Å². The zero-order valence-electron chi connectivity index (χ0n) is 23.1. The average Bonchev–Trinajstić information content (AvgIpc) is 3.22. The van der Waals surface area contributed by atoms with Gasteiger partial charge in [0.1, 0.15) is 5.75 Å². The Morgan fingerprint density at radius 2 is 1.84 bits per heavy atom. The second-order valence-electron chi connectivity index (χ2n) is 13.4. The standard InChI is InChI=1S/C31H47NO5/c1-5-21-25-16-19(33)8-12-31(25,4)24-9-13-30(3)22(6-7-23(30)27(24)28(21)34)18(2)11-15-37-20-10-14-32-26(17-20)29(35)36/h10,14,17-19,21-25,27-28,33-34H,5-9,11-13,15-16H2,1-4H3,(H,35,36)/t18-,19-,21-,22-,23+,24+,25+,27+,28-,30-,31-/m1/s1. The second-order valence-corrected chi connectivity index (χ2v) is 13.4. The summed E-state index contributed by atoms with van der Waals surface area (Å²) in [7, 11) is 0. The van der Waals surface area contributed by atoms with E-state index in [1.807, 2.05) is 0 Å². The second kappa shape index (κ2) is 10.1. The van der Waals surface area contributed by atoms with Crippen LogP contribution in [0.3, 0.4) is 0 Å². The number of carboxylic acid groups (broad SMARTS) is 1. The lowest BCUT2D eigenvalue weighted by atomic mass is 9.41. The quantitative estimate of drug-likeness (QED) is 0.425. The molecule has 0 bridgehead atoms. The molecule has 0 saturated heterocycles. The number of rotatable bonds is 7. The van der Waals surface area contributed by atoms with E-state index >= 15 is 0 Å².